The number of imidazole rings is 1. The first-order valence-electron chi connectivity index (χ1n) is 7.76. The molecule has 2 heterocycles. The van der Waals surface area contributed by atoms with Crippen LogP contribution in [0.15, 0.2) is 35.4 Å². The van der Waals surface area contributed by atoms with Gasteiger partial charge < -0.3 is 4.57 Å². The molecule has 0 saturated heterocycles. The molecule has 1 amide bonds. The lowest BCUT2D eigenvalue weighted by Crippen LogP contribution is -2.22. The molecular formula is C18H20N4OS. The van der Waals surface area contributed by atoms with Crippen molar-refractivity contribution in [2.45, 2.75) is 27.2 Å². The predicted molar refractivity (Wildman–Crippen MR) is 98.6 cm³/mol. The topological polar surface area (TPSA) is 59.3 Å². The van der Waals surface area contributed by atoms with Gasteiger partial charge in [0.15, 0.2) is 0 Å². The standard InChI is InChI=1S/C18H20N4OS/c1-11-9-14(13(3)24-11)12(2)20-21-18(23)10-17-19-15-7-5-6-8-16(15)22(17)4/h5-9H,10H2,1-4H3,(H,21,23). The highest BCUT2D eigenvalue weighted by atomic mass is 32.1. The number of hydrogen-bond acceptors (Lipinski definition) is 4. The molecule has 5 nitrogen and oxygen atoms in total. The van der Waals surface area contributed by atoms with Gasteiger partial charge in [-0.15, -0.1) is 11.3 Å². The van der Waals surface area contributed by atoms with Crippen molar-refractivity contribution in [3.63, 3.8) is 0 Å². The van der Waals surface area contributed by atoms with Crippen LogP contribution in [0.2, 0.25) is 0 Å². The molecule has 24 heavy (non-hydrogen) atoms. The fourth-order valence-electron chi connectivity index (χ4n) is 2.73. The maximum absolute atomic E-state index is 12.2. The summed E-state index contributed by atoms with van der Waals surface area (Å²) >= 11 is 1.73. The van der Waals surface area contributed by atoms with Crippen LogP contribution in [0, 0.1) is 13.8 Å². The van der Waals surface area contributed by atoms with Crippen molar-refractivity contribution in [2.24, 2.45) is 12.1 Å². The number of nitrogens with one attached hydrogen (secondary N) is 1. The van der Waals surface area contributed by atoms with Crippen molar-refractivity contribution >= 4 is 34.0 Å². The van der Waals surface area contributed by atoms with Crippen LogP contribution >= 0.6 is 11.3 Å². The van der Waals surface area contributed by atoms with Gasteiger partial charge in [-0.25, -0.2) is 10.4 Å². The van der Waals surface area contributed by atoms with E-state index in [4.69, 9.17) is 0 Å². The summed E-state index contributed by atoms with van der Waals surface area (Å²) in [6.45, 7) is 6.04. The number of carbonyl (C=O) groups excluding carboxylic acids is 1. The third-order valence-electron chi connectivity index (χ3n) is 3.98. The molecule has 1 aromatic carbocycles. The Labute approximate surface area is 145 Å². The van der Waals surface area contributed by atoms with Crippen LogP contribution in [0.3, 0.4) is 0 Å². The monoisotopic (exact) mass is 340 g/mol. The molecule has 3 aromatic rings. The highest BCUT2D eigenvalue weighted by Gasteiger charge is 2.12. The van der Waals surface area contributed by atoms with E-state index in [2.05, 4.69) is 35.4 Å². The Morgan fingerprint density at radius 1 is 1.33 bits per heavy atom. The fraction of sp³-hybridized carbons (Fsp3) is 0.278. The number of thiophene rings is 1. The molecule has 0 radical (unpaired) electrons. The summed E-state index contributed by atoms with van der Waals surface area (Å²) in [4.78, 5) is 19.2. The number of aryl methyl sites for hydroxylation is 3. The number of carbonyl (C=O) groups is 1. The highest BCUT2D eigenvalue weighted by Crippen LogP contribution is 2.21. The van der Waals surface area contributed by atoms with Crippen LogP contribution in [-0.4, -0.2) is 21.2 Å². The lowest BCUT2D eigenvalue weighted by Gasteiger charge is -2.03. The molecule has 0 atom stereocenters. The molecule has 0 unspecified atom stereocenters. The fourth-order valence-corrected chi connectivity index (χ4v) is 3.71. The maximum atomic E-state index is 12.2. The Balaban J connectivity index is 1.72. The van der Waals surface area contributed by atoms with E-state index < -0.39 is 0 Å². The highest BCUT2D eigenvalue weighted by molar-refractivity contribution is 7.12. The number of amides is 1. The zero-order valence-electron chi connectivity index (χ0n) is 14.3. The number of nitrogens with zero attached hydrogens (tertiary/aromatic N) is 3. The molecule has 0 aliphatic carbocycles. The molecule has 3 rings (SSSR count). The van der Waals surface area contributed by atoms with Crippen molar-refractivity contribution in [3.05, 3.63) is 51.5 Å². The van der Waals surface area contributed by atoms with E-state index in [0.29, 0.717) is 0 Å². The van der Waals surface area contributed by atoms with E-state index in [1.807, 2.05) is 42.8 Å². The summed E-state index contributed by atoms with van der Waals surface area (Å²) in [7, 11) is 1.92. The normalized spacial score (nSPS) is 11.9. The Hall–Kier alpha value is -2.47. The van der Waals surface area contributed by atoms with Crippen LogP contribution in [0.5, 0.6) is 0 Å². The molecule has 0 aliphatic heterocycles. The second kappa shape index (κ2) is 6.57. The van der Waals surface area contributed by atoms with Gasteiger partial charge in [0.25, 0.3) is 0 Å². The zero-order valence-corrected chi connectivity index (χ0v) is 15.1. The Morgan fingerprint density at radius 2 is 2.08 bits per heavy atom. The van der Waals surface area contributed by atoms with Crippen molar-refractivity contribution < 1.29 is 4.79 Å². The average molecular weight is 340 g/mol. The molecule has 124 valence electrons. The van der Waals surface area contributed by atoms with E-state index in [0.717, 1.165) is 28.1 Å². The molecule has 0 fully saturated rings. The zero-order chi connectivity index (χ0) is 17.3. The largest absolute Gasteiger partial charge is 0.331 e. The van der Waals surface area contributed by atoms with Crippen LogP contribution in [0.1, 0.15) is 28.1 Å². The second-order valence-electron chi connectivity index (χ2n) is 5.81. The number of hydrogen-bond donors (Lipinski definition) is 1. The van der Waals surface area contributed by atoms with Gasteiger partial charge in [-0.3, -0.25) is 4.79 Å². The summed E-state index contributed by atoms with van der Waals surface area (Å²) in [6, 6.07) is 9.94. The van der Waals surface area contributed by atoms with E-state index in [9.17, 15) is 4.79 Å². The van der Waals surface area contributed by atoms with E-state index in [1.54, 1.807) is 11.3 Å². The average Bonchev–Trinajstić information content (AvgIpc) is 3.05. The van der Waals surface area contributed by atoms with E-state index in [1.165, 1.54) is 9.75 Å². The van der Waals surface area contributed by atoms with Crippen LogP contribution < -0.4 is 5.43 Å². The minimum Gasteiger partial charge on any atom is -0.331 e. The van der Waals surface area contributed by atoms with Gasteiger partial charge in [-0.05, 0) is 39.0 Å². The van der Waals surface area contributed by atoms with Gasteiger partial charge in [0.1, 0.15) is 5.82 Å². The first-order chi connectivity index (χ1) is 11.5. The quantitative estimate of drug-likeness (QED) is 0.585. The SMILES string of the molecule is CC(=NNC(=O)Cc1nc2ccccc2n1C)c1cc(C)sc1C. The third kappa shape index (κ3) is 3.23. The number of rotatable bonds is 4. The molecule has 6 heteroatoms. The van der Waals surface area contributed by atoms with Gasteiger partial charge in [0.2, 0.25) is 5.91 Å². The molecule has 1 N–H and O–H groups in total. The van der Waals surface area contributed by atoms with Gasteiger partial charge in [-0.1, -0.05) is 12.1 Å². The summed E-state index contributed by atoms with van der Waals surface area (Å²) in [6.07, 6.45) is 0.198. The first kappa shape index (κ1) is 16.4. The lowest BCUT2D eigenvalue weighted by atomic mass is 10.2. The first-order valence-corrected chi connectivity index (χ1v) is 8.58. The van der Waals surface area contributed by atoms with Crippen molar-refractivity contribution in [2.75, 3.05) is 0 Å². The number of hydrazone groups is 1. The van der Waals surface area contributed by atoms with Gasteiger partial charge >= 0.3 is 0 Å². The molecule has 2 aromatic heterocycles. The summed E-state index contributed by atoms with van der Waals surface area (Å²) in [5.74, 6) is 0.557. The smallest absolute Gasteiger partial charge is 0.247 e. The minimum absolute atomic E-state index is 0.169. The Kier molecular flexibility index (Phi) is 4.49. The predicted octanol–water partition coefficient (Wildman–Crippen LogP) is 3.33. The van der Waals surface area contributed by atoms with E-state index in [-0.39, 0.29) is 12.3 Å². The third-order valence-corrected chi connectivity index (χ3v) is 4.94. The lowest BCUT2D eigenvalue weighted by molar-refractivity contribution is -0.120. The summed E-state index contributed by atoms with van der Waals surface area (Å²) in [5.41, 5.74) is 6.45. The van der Waals surface area contributed by atoms with Crippen LogP contribution in [0.4, 0.5) is 0 Å². The number of aromatic nitrogens is 2. The maximum Gasteiger partial charge on any atom is 0.247 e. The van der Waals surface area contributed by atoms with Gasteiger partial charge in [0, 0.05) is 22.4 Å². The van der Waals surface area contributed by atoms with E-state index >= 15 is 0 Å². The van der Waals surface area contributed by atoms with Crippen molar-refractivity contribution in [3.8, 4) is 0 Å². The number of para-hydroxylation sites is 2. The van der Waals surface area contributed by atoms with Gasteiger partial charge in [0.05, 0.1) is 23.2 Å². The van der Waals surface area contributed by atoms with Crippen molar-refractivity contribution in [1.82, 2.24) is 15.0 Å². The number of benzene rings is 1. The summed E-state index contributed by atoms with van der Waals surface area (Å²) in [5, 5.41) is 4.23. The minimum atomic E-state index is -0.169. The summed E-state index contributed by atoms with van der Waals surface area (Å²) < 4.78 is 1.94. The number of fused-ring (bicyclic) bond motifs is 1. The molecule has 0 spiro atoms. The van der Waals surface area contributed by atoms with Crippen LogP contribution in [-0.2, 0) is 18.3 Å². The Morgan fingerprint density at radius 3 is 2.75 bits per heavy atom. The molecule has 0 aliphatic rings. The molecular weight excluding hydrogens is 320 g/mol. The Bertz CT molecular complexity index is 936. The van der Waals surface area contributed by atoms with Crippen LogP contribution in [0.25, 0.3) is 11.0 Å². The molecule has 0 bridgehead atoms. The van der Waals surface area contributed by atoms with Gasteiger partial charge in [-0.2, -0.15) is 5.10 Å². The second-order valence-corrected chi connectivity index (χ2v) is 7.27. The molecule has 0 saturated carbocycles. The van der Waals surface area contributed by atoms with Crippen molar-refractivity contribution in [1.29, 1.82) is 0 Å².